The molecule has 2 saturated heterocycles. The van der Waals surface area contributed by atoms with Gasteiger partial charge in [0, 0.05) is 43.8 Å². The largest absolute Gasteiger partial charge is 0.393 e. The third-order valence-electron chi connectivity index (χ3n) is 5.30. The quantitative estimate of drug-likeness (QED) is 0.894. The molecule has 2 fully saturated rings. The highest BCUT2D eigenvalue weighted by Gasteiger charge is 2.28. The van der Waals surface area contributed by atoms with Gasteiger partial charge in [0.25, 0.3) is 0 Å². The minimum atomic E-state index is -0.344. The van der Waals surface area contributed by atoms with E-state index in [1.165, 1.54) is 5.69 Å². The highest BCUT2D eigenvalue weighted by Crippen LogP contribution is 2.22. The number of carbonyl (C=O) groups excluding carboxylic acids is 1. The number of amides is 2. The number of hydrogen-bond acceptors (Lipinski definition) is 3. The first-order valence-electron chi connectivity index (χ1n) is 9.17. The van der Waals surface area contributed by atoms with Crippen LogP contribution in [0.15, 0.2) is 30.3 Å². The van der Waals surface area contributed by atoms with Crippen molar-refractivity contribution in [3.63, 3.8) is 0 Å². The van der Waals surface area contributed by atoms with Crippen LogP contribution < -0.4 is 10.2 Å². The molecule has 132 valence electrons. The van der Waals surface area contributed by atoms with Gasteiger partial charge in [-0.25, -0.2) is 4.79 Å². The van der Waals surface area contributed by atoms with Gasteiger partial charge in [0.2, 0.25) is 0 Å². The van der Waals surface area contributed by atoms with Crippen molar-refractivity contribution in [3.05, 3.63) is 30.3 Å². The molecule has 2 heterocycles. The number of nitrogens with zero attached hydrogens (tertiary/aromatic N) is 2. The smallest absolute Gasteiger partial charge is 0.317 e. The number of benzene rings is 1. The van der Waals surface area contributed by atoms with Gasteiger partial charge in [0.05, 0.1) is 6.10 Å². The van der Waals surface area contributed by atoms with E-state index in [1.807, 2.05) is 17.9 Å². The minimum absolute atomic E-state index is 0.0280. The minimum Gasteiger partial charge on any atom is -0.393 e. The maximum absolute atomic E-state index is 12.6. The number of anilines is 1. The first kappa shape index (κ1) is 17.1. The van der Waals surface area contributed by atoms with Crippen molar-refractivity contribution >= 4 is 11.7 Å². The summed E-state index contributed by atoms with van der Waals surface area (Å²) in [5.41, 5.74) is 1.23. The van der Waals surface area contributed by atoms with Crippen molar-refractivity contribution in [1.82, 2.24) is 10.2 Å². The monoisotopic (exact) mass is 331 g/mol. The molecular weight excluding hydrogens is 302 g/mol. The third kappa shape index (κ3) is 4.20. The van der Waals surface area contributed by atoms with E-state index >= 15 is 0 Å². The van der Waals surface area contributed by atoms with Crippen LogP contribution in [0.1, 0.15) is 32.6 Å². The van der Waals surface area contributed by atoms with E-state index in [9.17, 15) is 9.90 Å². The summed E-state index contributed by atoms with van der Waals surface area (Å²) in [6.45, 7) is 5.20. The second-order valence-corrected chi connectivity index (χ2v) is 7.16. The molecule has 2 aliphatic rings. The lowest BCUT2D eigenvalue weighted by Crippen LogP contribution is -2.54. The summed E-state index contributed by atoms with van der Waals surface area (Å²) in [4.78, 5) is 16.8. The van der Waals surface area contributed by atoms with Crippen molar-refractivity contribution in [3.8, 4) is 0 Å². The van der Waals surface area contributed by atoms with E-state index in [-0.39, 0.29) is 24.1 Å². The second kappa shape index (κ2) is 7.88. The zero-order valence-corrected chi connectivity index (χ0v) is 14.5. The van der Waals surface area contributed by atoms with Gasteiger partial charge in [-0.15, -0.1) is 0 Å². The van der Waals surface area contributed by atoms with Gasteiger partial charge in [-0.2, -0.15) is 0 Å². The van der Waals surface area contributed by atoms with Crippen LogP contribution in [0.5, 0.6) is 0 Å². The van der Waals surface area contributed by atoms with Gasteiger partial charge < -0.3 is 20.2 Å². The molecule has 5 nitrogen and oxygen atoms in total. The van der Waals surface area contributed by atoms with Gasteiger partial charge in [-0.3, -0.25) is 0 Å². The Labute approximate surface area is 144 Å². The predicted molar refractivity (Wildman–Crippen MR) is 96.2 cm³/mol. The second-order valence-electron chi connectivity index (χ2n) is 7.16. The molecule has 5 heteroatoms. The molecule has 3 rings (SSSR count). The molecule has 0 spiro atoms. The van der Waals surface area contributed by atoms with Crippen molar-refractivity contribution < 1.29 is 9.90 Å². The first-order chi connectivity index (χ1) is 11.6. The molecule has 0 aliphatic carbocycles. The molecule has 0 saturated carbocycles. The normalized spacial score (nSPS) is 26.1. The summed E-state index contributed by atoms with van der Waals surface area (Å²) in [6.07, 6.45) is 3.76. The summed E-state index contributed by atoms with van der Waals surface area (Å²) in [5, 5.41) is 13.0. The van der Waals surface area contributed by atoms with Gasteiger partial charge in [0.1, 0.15) is 0 Å². The maximum Gasteiger partial charge on any atom is 0.317 e. The lowest BCUT2D eigenvalue weighted by atomic mass is 9.93. The fourth-order valence-electron chi connectivity index (χ4n) is 3.82. The van der Waals surface area contributed by atoms with E-state index in [2.05, 4.69) is 34.5 Å². The van der Waals surface area contributed by atoms with Crippen LogP contribution in [0.2, 0.25) is 0 Å². The molecule has 3 atom stereocenters. The summed E-state index contributed by atoms with van der Waals surface area (Å²) in [6, 6.07) is 10.6. The number of nitrogens with one attached hydrogen (secondary N) is 1. The molecule has 24 heavy (non-hydrogen) atoms. The van der Waals surface area contributed by atoms with E-state index in [0.717, 1.165) is 45.3 Å². The Morgan fingerprint density at radius 2 is 1.92 bits per heavy atom. The van der Waals surface area contributed by atoms with E-state index in [0.29, 0.717) is 6.54 Å². The number of rotatable bonds is 3. The summed E-state index contributed by atoms with van der Waals surface area (Å²) < 4.78 is 0. The standard InChI is InChI=1S/C19H29N3O2/c1-15(23)16-7-5-12-22(13-16)19(24)20-17-8-6-11-21(14-17)18-9-3-2-4-10-18/h2-4,9-10,15-17,23H,5-8,11-14H2,1H3,(H,20,24). The van der Waals surface area contributed by atoms with Gasteiger partial charge in [0.15, 0.2) is 0 Å². The Hall–Kier alpha value is -1.75. The van der Waals surface area contributed by atoms with Crippen LogP contribution in [0.4, 0.5) is 10.5 Å². The summed E-state index contributed by atoms with van der Waals surface area (Å²) in [7, 11) is 0. The Kier molecular flexibility index (Phi) is 5.61. The van der Waals surface area contributed by atoms with E-state index in [1.54, 1.807) is 0 Å². The lowest BCUT2D eigenvalue weighted by molar-refractivity contribution is 0.0732. The predicted octanol–water partition coefficient (Wildman–Crippen LogP) is 2.46. The molecule has 3 unspecified atom stereocenters. The van der Waals surface area contributed by atoms with Crippen LogP contribution in [0.3, 0.4) is 0 Å². The SMILES string of the molecule is CC(O)C1CCCN(C(=O)NC2CCCN(c3ccccc3)C2)C1. The van der Waals surface area contributed by atoms with E-state index < -0.39 is 0 Å². The number of aliphatic hydroxyl groups is 1. The number of hydrogen-bond donors (Lipinski definition) is 2. The summed E-state index contributed by atoms with van der Waals surface area (Å²) >= 11 is 0. The Morgan fingerprint density at radius 1 is 1.17 bits per heavy atom. The number of aliphatic hydroxyl groups excluding tert-OH is 1. The molecule has 0 bridgehead atoms. The molecule has 1 aromatic carbocycles. The number of likely N-dealkylation sites (tertiary alicyclic amines) is 1. The molecular formula is C19H29N3O2. The molecule has 0 radical (unpaired) electrons. The average molecular weight is 331 g/mol. The molecule has 0 aromatic heterocycles. The molecule has 2 aliphatic heterocycles. The van der Waals surface area contributed by atoms with Crippen LogP contribution in [0, 0.1) is 5.92 Å². The van der Waals surface area contributed by atoms with Crippen molar-refractivity contribution in [1.29, 1.82) is 0 Å². The molecule has 1 aromatic rings. The van der Waals surface area contributed by atoms with Crippen LogP contribution in [-0.4, -0.2) is 54.4 Å². The fourth-order valence-corrected chi connectivity index (χ4v) is 3.82. The average Bonchev–Trinajstić information content (AvgIpc) is 2.63. The Bertz CT molecular complexity index is 535. The number of para-hydroxylation sites is 1. The van der Waals surface area contributed by atoms with Gasteiger partial charge in [-0.1, -0.05) is 18.2 Å². The lowest BCUT2D eigenvalue weighted by Gasteiger charge is -2.38. The number of carbonyl (C=O) groups is 1. The topological polar surface area (TPSA) is 55.8 Å². The van der Waals surface area contributed by atoms with E-state index in [4.69, 9.17) is 0 Å². The third-order valence-corrected chi connectivity index (χ3v) is 5.30. The van der Waals surface area contributed by atoms with Crippen LogP contribution in [-0.2, 0) is 0 Å². The summed E-state index contributed by atoms with van der Waals surface area (Å²) in [5.74, 6) is 0.205. The van der Waals surface area contributed by atoms with Crippen molar-refractivity contribution in [2.75, 3.05) is 31.1 Å². The number of urea groups is 1. The first-order valence-corrected chi connectivity index (χ1v) is 9.17. The zero-order valence-electron chi connectivity index (χ0n) is 14.5. The van der Waals surface area contributed by atoms with Gasteiger partial charge >= 0.3 is 6.03 Å². The zero-order chi connectivity index (χ0) is 16.9. The highest BCUT2D eigenvalue weighted by atomic mass is 16.3. The fraction of sp³-hybridized carbons (Fsp3) is 0.632. The Balaban J connectivity index is 1.54. The van der Waals surface area contributed by atoms with Gasteiger partial charge in [-0.05, 0) is 44.7 Å². The molecule has 2 amide bonds. The Morgan fingerprint density at radius 3 is 2.67 bits per heavy atom. The highest BCUT2D eigenvalue weighted by molar-refractivity contribution is 5.74. The van der Waals surface area contributed by atoms with Crippen molar-refractivity contribution in [2.45, 2.75) is 44.8 Å². The van der Waals surface area contributed by atoms with Crippen LogP contribution in [0.25, 0.3) is 0 Å². The van der Waals surface area contributed by atoms with Crippen LogP contribution >= 0.6 is 0 Å². The van der Waals surface area contributed by atoms with Crippen molar-refractivity contribution in [2.24, 2.45) is 5.92 Å². The molecule has 2 N–H and O–H groups in total. The maximum atomic E-state index is 12.6. The number of piperidine rings is 2.